The zero-order chi connectivity index (χ0) is 18.7. The van der Waals surface area contributed by atoms with E-state index in [1.165, 1.54) is 18.2 Å². The van der Waals surface area contributed by atoms with Crippen LogP contribution in [0.4, 0.5) is 17.6 Å². The lowest BCUT2D eigenvalue weighted by molar-refractivity contribution is -0.132. The number of hydrogen-bond acceptors (Lipinski definition) is 2. The lowest BCUT2D eigenvalue weighted by Gasteiger charge is -2.12. The number of amides is 1. The lowest BCUT2D eigenvalue weighted by Crippen LogP contribution is -2.42. The van der Waals surface area contributed by atoms with Gasteiger partial charge in [0.25, 0.3) is 0 Å². The molecule has 1 aromatic rings. The average Bonchev–Trinajstić information content (AvgIpc) is 2.50. The van der Waals surface area contributed by atoms with Gasteiger partial charge in [-0.05, 0) is 24.6 Å². The third kappa shape index (κ3) is 11.9. The van der Waals surface area contributed by atoms with Crippen LogP contribution in [0.5, 0.6) is 0 Å². The maximum Gasteiger partial charge on any atom is 0.390 e. The van der Waals surface area contributed by atoms with Gasteiger partial charge in [-0.25, -0.2) is 4.39 Å². The standard InChI is InChI=1S/C16H22F4N4O.HI/c1-2-21-15(23-7-6-16(18,19)20)24-9-8-22-14(25)11-12-4-3-5-13(17)10-12;/h3-5,10H,2,6-9,11H2,1H3,(H,22,25)(H2,21,23,24);1H. The fourth-order valence-electron chi connectivity index (χ4n) is 1.91. The van der Waals surface area contributed by atoms with Crippen molar-refractivity contribution in [1.82, 2.24) is 16.0 Å². The van der Waals surface area contributed by atoms with Crippen molar-refractivity contribution < 1.29 is 22.4 Å². The van der Waals surface area contributed by atoms with Crippen molar-refractivity contribution >= 4 is 35.8 Å². The molecule has 0 atom stereocenters. The van der Waals surface area contributed by atoms with Gasteiger partial charge in [0.1, 0.15) is 5.82 Å². The summed E-state index contributed by atoms with van der Waals surface area (Å²) in [6, 6.07) is 5.76. The summed E-state index contributed by atoms with van der Waals surface area (Å²) in [5.74, 6) is -0.421. The number of aliphatic imine (C=N–C) groups is 1. The van der Waals surface area contributed by atoms with Gasteiger partial charge in [-0.15, -0.1) is 24.0 Å². The first kappa shape index (κ1) is 24.4. The van der Waals surface area contributed by atoms with Crippen molar-refractivity contribution in [3.63, 3.8) is 0 Å². The summed E-state index contributed by atoms with van der Waals surface area (Å²) in [7, 11) is 0. The molecule has 0 radical (unpaired) electrons. The largest absolute Gasteiger partial charge is 0.390 e. The van der Waals surface area contributed by atoms with Crippen LogP contribution in [0.3, 0.4) is 0 Å². The molecule has 0 unspecified atom stereocenters. The Hall–Kier alpha value is -1.59. The van der Waals surface area contributed by atoms with Crippen molar-refractivity contribution in [3.05, 3.63) is 35.6 Å². The summed E-state index contributed by atoms with van der Waals surface area (Å²) in [6.45, 7) is 2.49. The van der Waals surface area contributed by atoms with E-state index in [4.69, 9.17) is 0 Å². The minimum absolute atomic E-state index is 0. The highest BCUT2D eigenvalue weighted by atomic mass is 127. The molecular formula is C16H23F4IN4O. The van der Waals surface area contributed by atoms with Gasteiger partial charge < -0.3 is 16.0 Å². The molecule has 1 rings (SSSR count). The fraction of sp³-hybridized carbons (Fsp3) is 0.500. The van der Waals surface area contributed by atoms with E-state index >= 15 is 0 Å². The van der Waals surface area contributed by atoms with E-state index in [0.717, 1.165) is 0 Å². The van der Waals surface area contributed by atoms with Gasteiger partial charge in [-0.1, -0.05) is 12.1 Å². The second kappa shape index (κ2) is 12.7. The topological polar surface area (TPSA) is 65.5 Å². The number of guanidine groups is 1. The molecule has 0 aliphatic heterocycles. The Kier molecular flexibility index (Phi) is 11.9. The first-order valence-electron chi connectivity index (χ1n) is 7.90. The molecule has 1 aromatic carbocycles. The summed E-state index contributed by atoms with van der Waals surface area (Å²) >= 11 is 0. The first-order valence-corrected chi connectivity index (χ1v) is 7.90. The molecule has 0 heterocycles. The van der Waals surface area contributed by atoms with Crippen LogP contribution in [0.25, 0.3) is 0 Å². The van der Waals surface area contributed by atoms with Crippen LogP contribution in [0.1, 0.15) is 18.9 Å². The van der Waals surface area contributed by atoms with E-state index in [2.05, 4.69) is 20.9 Å². The van der Waals surface area contributed by atoms with Crippen molar-refractivity contribution in [3.8, 4) is 0 Å². The Morgan fingerprint density at radius 1 is 1.15 bits per heavy atom. The van der Waals surface area contributed by atoms with Crippen molar-refractivity contribution in [2.24, 2.45) is 4.99 Å². The highest BCUT2D eigenvalue weighted by Crippen LogP contribution is 2.18. The highest BCUT2D eigenvalue weighted by molar-refractivity contribution is 14.0. The van der Waals surface area contributed by atoms with Crippen LogP contribution >= 0.6 is 24.0 Å². The SMILES string of the molecule is CCNC(=NCCC(F)(F)F)NCCNC(=O)Cc1cccc(F)c1.I. The molecule has 0 fully saturated rings. The molecule has 148 valence electrons. The van der Waals surface area contributed by atoms with Gasteiger partial charge >= 0.3 is 6.18 Å². The summed E-state index contributed by atoms with van der Waals surface area (Å²) in [5, 5.41) is 8.29. The Labute approximate surface area is 167 Å². The number of hydrogen-bond donors (Lipinski definition) is 3. The number of nitrogens with one attached hydrogen (secondary N) is 3. The molecule has 0 aromatic heterocycles. The third-order valence-corrected chi connectivity index (χ3v) is 3.00. The van der Waals surface area contributed by atoms with Crippen molar-refractivity contribution in [2.45, 2.75) is 25.9 Å². The number of rotatable bonds is 8. The molecule has 0 aliphatic rings. The quantitative estimate of drug-likeness (QED) is 0.173. The lowest BCUT2D eigenvalue weighted by atomic mass is 10.1. The second-order valence-electron chi connectivity index (χ2n) is 5.21. The van der Waals surface area contributed by atoms with Crippen LogP contribution in [-0.4, -0.2) is 44.2 Å². The number of alkyl halides is 3. The van der Waals surface area contributed by atoms with E-state index in [0.29, 0.717) is 18.7 Å². The Morgan fingerprint density at radius 2 is 1.85 bits per heavy atom. The van der Waals surface area contributed by atoms with Crippen LogP contribution in [0, 0.1) is 5.82 Å². The zero-order valence-corrected chi connectivity index (χ0v) is 16.7. The third-order valence-electron chi connectivity index (χ3n) is 3.00. The molecule has 0 saturated heterocycles. The summed E-state index contributed by atoms with van der Waals surface area (Å²) in [5.41, 5.74) is 0.563. The molecular weight excluding hydrogens is 467 g/mol. The Bertz CT molecular complexity index is 582. The van der Waals surface area contributed by atoms with Gasteiger partial charge in [0.2, 0.25) is 5.91 Å². The summed E-state index contributed by atoms with van der Waals surface area (Å²) < 4.78 is 49.4. The normalized spacial score (nSPS) is 11.5. The van der Waals surface area contributed by atoms with E-state index in [1.54, 1.807) is 13.0 Å². The Balaban J connectivity index is 0.00000625. The minimum Gasteiger partial charge on any atom is -0.357 e. The van der Waals surface area contributed by atoms with E-state index in [-0.39, 0.29) is 55.4 Å². The number of carbonyl (C=O) groups excluding carboxylic acids is 1. The monoisotopic (exact) mass is 490 g/mol. The van der Waals surface area contributed by atoms with Crippen molar-refractivity contribution in [1.29, 1.82) is 0 Å². The summed E-state index contributed by atoms with van der Waals surface area (Å²) in [4.78, 5) is 15.6. The van der Waals surface area contributed by atoms with Crippen LogP contribution in [0.2, 0.25) is 0 Å². The van der Waals surface area contributed by atoms with Gasteiger partial charge in [0, 0.05) is 19.6 Å². The zero-order valence-electron chi connectivity index (χ0n) is 14.3. The molecule has 10 heteroatoms. The van der Waals surface area contributed by atoms with Gasteiger partial charge in [-0.3, -0.25) is 9.79 Å². The van der Waals surface area contributed by atoms with E-state index in [9.17, 15) is 22.4 Å². The number of nitrogens with zero attached hydrogens (tertiary/aromatic N) is 1. The second-order valence-corrected chi connectivity index (χ2v) is 5.21. The maximum atomic E-state index is 13.0. The predicted octanol–water partition coefficient (Wildman–Crippen LogP) is 2.61. The molecule has 3 N–H and O–H groups in total. The van der Waals surface area contributed by atoms with Crippen LogP contribution < -0.4 is 16.0 Å². The average molecular weight is 490 g/mol. The minimum atomic E-state index is -4.24. The molecule has 5 nitrogen and oxygen atoms in total. The summed E-state index contributed by atoms with van der Waals surface area (Å²) in [6.07, 6.45) is -5.18. The molecule has 0 aliphatic carbocycles. The Morgan fingerprint density at radius 3 is 2.46 bits per heavy atom. The molecule has 0 bridgehead atoms. The molecule has 0 saturated carbocycles. The predicted molar refractivity (Wildman–Crippen MR) is 103 cm³/mol. The number of carbonyl (C=O) groups is 1. The highest BCUT2D eigenvalue weighted by Gasteiger charge is 2.26. The van der Waals surface area contributed by atoms with E-state index < -0.39 is 18.4 Å². The van der Waals surface area contributed by atoms with Gasteiger partial charge in [0.05, 0.1) is 19.4 Å². The smallest absolute Gasteiger partial charge is 0.357 e. The number of benzene rings is 1. The fourth-order valence-corrected chi connectivity index (χ4v) is 1.91. The molecule has 0 spiro atoms. The van der Waals surface area contributed by atoms with Crippen molar-refractivity contribution in [2.75, 3.05) is 26.2 Å². The van der Waals surface area contributed by atoms with Crippen LogP contribution in [-0.2, 0) is 11.2 Å². The van der Waals surface area contributed by atoms with E-state index in [1.807, 2.05) is 0 Å². The maximum absolute atomic E-state index is 13.0. The molecule has 26 heavy (non-hydrogen) atoms. The van der Waals surface area contributed by atoms with Crippen LogP contribution in [0.15, 0.2) is 29.3 Å². The molecule has 1 amide bonds. The first-order chi connectivity index (χ1) is 11.8. The number of halogens is 5. The van der Waals surface area contributed by atoms with Gasteiger partial charge in [-0.2, -0.15) is 13.2 Å². The van der Waals surface area contributed by atoms with Gasteiger partial charge in [0.15, 0.2) is 5.96 Å².